The van der Waals surface area contributed by atoms with Crippen molar-refractivity contribution in [2.24, 2.45) is 0 Å². The van der Waals surface area contributed by atoms with Crippen molar-refractivity contribution < 1.29 is 4.39 Å². The highest BCUT2D eigenvalue weighted by Crippen LogP contribution is 2.28. The van der Waals surface area contributed by atoms with Crippen LogP contribution < -0.4 is 16.0 Å². The average Bonchev–Trinajstić information content (AvgIpc) is 2.27. The van der Waals surface area contributed by atoms with Crippen LogP contribution in [0.4, 0.5) is 27.1 Å². The van der Waals surface area contributed by atoms with E-state index in [1.54, 1.807) is 6.07 Å². The second kappa shape index (κ2) is 4.96. The smallest absolute Gasteiger partial charge is 0.127 e. The molecule has 2 aromatic rings. The molecule has 0 aliphatic carbocycles. The second-order valence-electron chi connectivity index (χ2n) is 4.31. The van der Waals surface area contributed by atoms with Crippen LogP contribution in [0.2, 0.25) is 0 Å². The van der Waals surface area contributed by atoms with E-state index in [-0.39, 0.29) is 5.82 Å². The largest absolute Gasteiger partial charge is 0.399 e. The van der Waals surface area contributed by atoms with E-state index >= 15 is 0 Å². The standard InChI is InChI=1S/C14H16FN3/c1-18(2)14-6-4-3-5-13(14)17-12-8-10(15)7-11(16)9-12/h3-9,17H,16H2,1-2H3. The minimum absolute atomic E-state index is 0.347. The Bertz CT molecular complexity index is 532. The first-order valence-electron chi connectivity index (χ1n) is 5.66. The lowest BCUT2D eigenvalue weighted by Crippen LogP contribution is -2.10. The monoisotopic (exact) mass is 245 g/mol. The van der Waals surface area contributed by atoms with Gasteiger partial charge in [0.1, 0.15) is 5.82 Å². The van der Waals surface area contributed by atoms with Crippen molar-refractivity contribution in [3.8, 4) is 0 Å². The van der Waals surface area contributed by atoms with Crippen molar-refractivity contribution in [3.63, 3.8) is 0 Å². The Hall–Kier alpha value is -2.23. The number of nitrogen functional groups attached to an aromatic ring is 1. The lowest BCUT2D eigenvalue weighted by molar-refractivity contribution is 0.629. The van der Waals surface area contributed by atoms with E-state index in [9.17, 15) is 4.39 Å². The van der Waals surface area contributed by atoms with Gasteiger partial charge in [0.15, 0.2) is 0 Å². The molecule has 3 N–H and O–H groups in total. The fraction of sp³-hybridized carbons (Fsp3) is 0.143. The molecule has 0 radical (unpaired) electrons. The predicted octanol–water partition coefficient (Wildman–Crippen LogP) is 3.22. The van der Waals surface area contributed by atoms with Crippen molar-refractivity contribution in [1.29, 1.82) is 0 Å². The molecule has 0 saturated carbocycles. The summed E-state index contributed by atoms with van der Waals surface area (Å²) in [6, 6.07) is 12.2. The van der Waals surface area contributed by atoms with Crippen LogP contribution in [-0.4, -0.2) is 14.1 Å². The molecule has 0 unspecified atom stereocenters. The first-order chi connectivity index (χ1) is 8.56. The lowest BCUT2D eigenvalue weighted by atomic mass is 10.2. The molecular formula is C14H16FN3. The predicted molar refractivity (Wildman–Crippen MR) is 74.9 cm³/mol. The Morgan fingerprint density at radius 2 is 1.83 bits per heavy atom. The highest BCUT2D eigenvalue weighted by atomic mass is 19.1. The fourth-order valence-electron chi connectivity index (χ4n) is 1.81. The van der Waals surface area contributed by atoms with Crippen molar-refractivity contribution in [1.82, 2.24) is 0 Å². The maximum absolute atomic E-state index is 13.3. The maximum atomic E-state index is 13.3. The highest BCUT2D eigenvalue weighted by molar-refractivity contribution is 5.75. The van der Waals surface area contributed by atoms with E-state index in [0.29, 0.717) is 11.4 Å². The molecule has 0 spiro atoms. The Kier molecular flexibility index (Phi) is 3.37. The van der Waals surface area contributed by atoms with Gasteiger partial charge in [-0.25, -0.2) is 4.39 Å². The van der Waals surface area contributed by atoms with Crippen LogP contribution in [0, 0.1) is 5.82 Å². The van der Waals surface area contributed by atoms with Crippen LogP contribution in [0.1, 0.15) is 0 Å². The number of nitrogens with one attached hydrogen (secondary N) is 1. The summed E-state index contributed by atoms with van der Waals surface area (Å²) >= 11 is 0. The molecule has 18 heavy (non-hydrogen) atoms. The number of hydrogen-bond donors (Lipinski definition) is 2. The van der Waals surface area contributed by atoms with Crippen molar-refractivity contribution in [2.75, 3.05) is 30.0 Å². The zero-order chi connectivity index (χ0) is 13.1. The van der Waals surface area contributed by atoms with Gasteiger partial charge < -0.3 is 16.0 Å². The summed E-state index contributed by atoms with van der Waals surface area (Å²) in [5, 5.41) is 3.17. The molecule has 0 amide bonds. The molecule has 0 bridgehead atoms. The molecular weight excluding hydrogens is 229 g/mol. The van der Waals surface area contributed by atoms with Gasteiger partial charge in [-0.05, 0) is 30.3 Å². The van der Waals surface area contributed by atoms with Crippen LogP contribution in [0.15, 0.2) is 42.5 Å². The zero-order valence-electron chi connectivity index (χ0n) is 10.4. The normalized spacial score (nSPS) is 10.2. The van der Waals surface area contributed by atoms with Crippen LogP contribution in [0.3, 0.4) is 0 Å². The summed E-state index contributed by atoms with van der Waals surface area (Å²) < 4.78 is 13.3. The van der Waals surface area contributed by atoms with Gasteiger partial charge in [0.25, 0.3) is 0 Å². The van der Waals surface area contributed by atoms with Crippen LogP contribution in [0.5, 0.6) is 0 Å². The van der Waals surface area contributed by atoms with Crippen molar-refractivity contribution in [3.05, 3.63) is 48.3 Å². The second-order valence-corrected chi connectivity index (χ2v) is 4.31. The van der Waals surface area contributed by atoms with E-state index < -0.39 is 0 Å². The molecule has 0 aliphatic heterocycles. The van der Waals surface area contributed by atoms with Crippen LogP contribution in [-0.2, 0) is 0 Å². The summed E-state index contributed by atoms with van der Waals surface area (Å²) in [5.41, 5.74) is 8.60. The first-order valence-corrected chi connectivity index (χ1v) is 5.66. The highest BCUT2D eigenvalue weighted by Gasteiger charge is 2.05. The summed E-state index contributed by atoms with van der Waals surface area (Å²) in [4.78, 5) is 1.99. The number of halogens is 1. The van der Waals surface area contributed by atoms with E-state index in [1.807, 2.05) is 43.3 Å². The van der Waals surface area contributed by atoms with E-state index in [2.05, 4.69) is 5.32 Å². The molecule has 0 aromatic heterocycles. The molecule has 2 aromatic carbocycles. The Morgan fingerprint density at radius 3 is 2.50 bits per heavy atom. The quantitative estimate of drug-likeness (QED) is 0.816. The minimum atomic E-state index is -0.347. The zero-order valence-corrected chi connectivity index (χ0v) is 10.4. The number of para-hydroxylation sites is 2. The number of nitrogens with two attached hydrogens (primary N) is 1. The Morgan fingerprint density at radius 1 is 1.11 bits per heavy atom. The van der Waals surface area contributed by atoms with Crippen LogP contribution >= 0.6 is 0 Å². The Balaban J connectivity index is 2.34. The maximum Gasteiger partial charge on any atom is 0.127 e. The lowest BCUT2D eigenvalue weighted by Gasteiger charge is -2.18. The third-order valence-corrected chi connectivity index (χ3v) is 2.58. The van der Waals surface area contributed by atoms with E-state index in [4.69, 9.17) is 5.73 Å². The average molecular weight is 245 g/mol. The molecule has 0 fully saturated rings. The number of nitrogens with zero attached hydrogens (tertiary/aromatic N) is 1. The summed E-state index contributed by atoms with van der Waals surface area (Å²) in [6.45, 7) is 0. The van der Waals surface area contributed by atoms with E-state index in [1.165, 1.54) is 12.1 Å². The van der Waals surface area contributed by atoms with Gasteiger partial charge in [-0.15, -0.1) is 0 Å². The van der Waals surface area contributed by atoms with E-state index in [0.717, 1.165) is 11.4 Å². The molecule has 2 rings (SSSR count). The number of benzene rings is 2. The molecule has 4 heteroatoms. The molecule has 0 heterocycles. The van der Waals surface area contributed by atoms with Crippen molar-refractivity contribution in [2.45, 2.75) is 0 Å². The van der Waals surface area contributed by atoms with Gasteiger partial charge in [0.2, 0.25) is 0 Å². The third kappa shape index (κ3) is 2.71. The fourth-order valence-corrected chi connectivity index (χ4v) is 1.81. The van der Waals surface area contributed by atoms with Crippen molar-refractivity contribution >= 4 is 22.7 Å². The van der Waals surface area contributed by atoms with Gasteiger partial charge in [-0.3, -0.25) is 0 Å². The van der Waals surface area contributed by atoms with Gasteiger partial charge in [0, 0.05) is 25.5 Å². The van der Waals surface area contributed by atoms with Gasteiger partial charge in [-0.2, -0.15) is 0 Å². The SMILES string of the molecule is CN(C)c1ccccc1Nc1cc(N)cc(F)c1. The minimum Gasteiger partial charge on any atom is -0.399 e. The van der Waals surface area contributed by atoms with Gasteiger partial charge >= 0.3 is 0 Å². The number of hydrogen-bond acceptors (Lipinski definition) is 3. The van der Waals surface area contributed by atoms with Gasteiger partial charge in [-0.1, -0.05) is 12.1 Å². The third-order valence-electron chi connectivity index (χ3n) is 2.58. The Labute approximate surface area is 106 Å². The number of rotatable bonds is 3. The molecule has 0 aliphatic rings. The first kappa shape index (κ1) is 12.2. The summed E-state index contributed by atoms with van der Waals surface area (Å²) in [5.74, 6) is -0.347. The number of anilines is 4. The van der Waals surface area contributed by atoms with Crippen LogP contribution in [0.25, 0.3) is 0 Å². The molecule has 94 valence electrons. The van der Waals surface area contributed by atoms with Gasteiger partial charge in [0.05, 0.1) is 11.4 Å². The molecule has 0 atom stereocenters. The topological polar surface area (TPSA) is 41.3 Å². The summed E-state index contributed by atoms with van der Waals surface area (Å²) in [6.07, 6.45) is 0. The molecule has 0 saturated heterocycles. The molecule has 3 nitrogen and oxygen atoms in total. The summed E-state index contributed by atoms with van der Waals surface area (Å²) in [7, 11) is 3.92.